The highest BCUT2D eigenvalue weighted by Crippen LogP contribution is 2.39. The van der Waals surface area contributed by atoms with Crippen molar-refractivity contribution in [1.82, 2.24) is 4.98 Å². The molecule has 0 saturated carbocycles. The van der Waals surface area contributed by atoms with Crippen LogP contribution in [0, 0.1) is 0 Å². The van der Waals surface area contributed by atoms with E-state index in [0.29, 0.717) is 52.1 Å². The van der Waals surface area contributed by atoms with E-state index in [1.165, 1.54) is 12.1 Å². The minimum atomic E-state index is -4.39. The summed E-state index contributed by atoms with van der Waals surface area (Å²) in [6, 6.07) is 12.0. The second-order valence-electron chi connectivity index (χ2n) is 7.46. The molecule has 5 rings (SSSR count). The number of halogens is 4. The Morgan fingerprint density at radius 3 is 2.48 bits per heavy atom. The lowest BCUT2D eigenvalue weighted by molar-refractivity contribution is -0.140. The number of anilines is 2. The maximum atomic E-state index is 12.8. The van der Waals surface area contributed by atoms with Crippen molar-refractivity contribution in [3.05, 3.63) is 70.9 Å². The highest BCUT2D eigenvalue weighted by molar-refractivity contribution is 6.35. The van der Waals surface area contributed by atoms with Crippen molar-refractivity contribution in [2.45, 2.75) is 12.6 Å². The number of aromatic nitrogens is 1. The van der Waals surface area contributed by atoms with Crippen LogP contribution in [0.5, 0.6) is 5.75 Å². The molecule has 1 aromatic heterocycles. The van der Waals surface area contributed by atoms with E-state index in [0.717, 1.165) is 17.8 Å². The third kappa shape index (κ3) is 4.11. The molecule has 6 nitrogen and oxygen atoms in total. The van der Waals surface area contributed by atoms with Crippen LogP contribution in [0.3, 0.4) is 0 Å². The van der Waals surface area contributed by atoms with Crippen LogP contribution in [0.15, 0.2) is 59.9 Å². The Morgan fingerprint density at radius 1 is 1.03 bits per heavy atom. The minimum absolute atomic E-state index is 0.0632. The van der Waals surface area contributed by atoms with Gasteiger partial charge in [-0.1, -0.05) is 28.9 Å². The summed E-state index contributed by atoms with van der Waals surface area (Å²) >= 11 is 6.45. The maximum Gasteiger partial charge on any atom is 0.416 e. The fourth-order valence-corrected chi connectivity index (χ4v) is 4.00. The molecule has 168 valence electrons. The molecule has 2 aliphatic heterocycles. The van der Waals surface area contributed by atoms with Crippen molar-refractivity contribution < 1.29 is 27.5 Å². The number of oxime groups is 1. The number of carbonyl (C=O) groups excluding carboxylic acids is 1. The van der Waals surface area contributed by atoms with Gasteiger partial charge < -0.3 is 14.5 Å². The van der Waals surface area contributed by atoms with Gasteiger partial charge in [-0.2, -0.15) is 13.2 Å². The first kappa shape index (κ1) is 21.3. The second-order valence-corrected chi connectivity index (χ2v) is 7.87. The molecule has 0 N–H and O–H groups in total. The number of rotatable bonds is 3. The third-order valence-corrected chi connectivity index (χ3v) is 5.66. The maximum absolute atomic E-state index is 12.8. The highest BCUT2D eigenvalue weighted by Gasteiger charge is 2.30. The van der Waals surface area contributed by atoms with Crippen LogP contribution in [0.25, 0.3) is 11.1 Å². The molecule has 0 radical (unpaired) electrons. The molecule has 3 aromatic rings. The lowest BCUT2D eigenvalue weighted by Crippen LogP contribution is -2.29. The number of fused-ring (bicyclic) bond motifs is 1. The van der Waals surface area contributed by atoms with Crippen molar-refractivity contribution in [1.29, 1.82) is 0 Å². The highest BCUT2D eigenvalue weighted by atomic mass is 35.5. The summed E-state index contributed by atoms with van der Waals surface area (Å²) in [5.74, 6) is 0.649. The second kappa shape index (κ2) is 8.08. The summed E-state index contributed by atoms with van der Waals surface area (Å²) < 4.78 is 44.3. The number of ether oxygens (including phenoxy) is 1. The number of nitrogens with zero attached hydrogens (tertiary/aromatic N) is 3. The van der Waals surface area contributed by atoms with Gasteiger partial charge in [0, 0.05) is 23.0 Å². The predicted octanol–water partition coefficient (Wildman–Crippen LogP) is 5.60. The van der Waals surface area contributed by atoms with Crippen molar-refractivity contribution in [3.8, 4) is 16.9 Å². The molecule has 3 heterocycles. The summed E-state index contributed by atoms with van der Waals surface area (Å²) in [4.78, 5) is 22.4. The molecule has 0 unspecified atom stereocenters. The third-order valence-electron chi connectivity index (χ3n) is 5.35. The van der Waals surface area contributed by atoms with Gasteiger partial charge in [0.05, 0.1) is 23.6 Å². The molecule has 0 saturated heterocycles. The van der Waals surface area contributed by atoms with Gasteiger partial charge >= 0.3 is 12.1 Å². The quantitative estimate of drug-likeness (QED) is 0.463. The molecule has 2 aromatic carbocycles. The van der Waals surface area contributed by atoms with Gasteiger partial charge in [-0.05, 0) is 42.0 Å². The molecular formula is C23H15ClF3N3O3. The summed E-state index contributed by atoms with van der Waals surface area (Å²) in [7, 11) is 0. The van der Waals surface area contributed by atoms with E-state index < -0.39 is 17.7 Å². The Morgan fingerprint density at radius 2 is 1.82 bits per heavy atom. The SMILES string of the molecule is O=C1CC(c2ccc(N3CCOc4cc(-c5ccc(C(F)(F)F)cc5)cnc43)cc2Cl)=NO1. The van der Waals surface area contributed by atoms with E-state index >= 15 is 0 Å². The van der Waals surface area contributed by atoms with Crippen LogP contribution in [0.1, 0.15) is 17.5 Å². The number of pyridine rings is 1. The first-order chi connectivity index (χ1) is 15.8. The van der Waals surface area contributed by atoms with E-state index in [2.05, 4.69) is 15.0 Å². The van der Waals surface area contributed by atoms with Gasteiger partial charge in [0.25, 0.3) is 0 Å². The van der Waals surface area contributed by atoms with E-state index in [1.807, 2.05) is 11.0 Å². The Bertz CT molecular complexity index is 1280. The van der Waals surface area contributed by atoms with Crippen molar-refractivity contribution >= 4 is 34.8 Å². The molecule has 0 aliphatic carbocycles. The molecule has 33 heavy (non-hydrogen) atoms. The van der Waals surface area contributed by atoms with Gasteiger partial charge in [0.2, 0.25) is 0 Å². The minimum Gasteiger partial charge on any atom is -0.488 e. The predicted molar refractivity (Wildman–Crippen MR) is 116 cm³/mol. The number of carbonyl (C=O) groups is 1. The number of hydrogen-bond donors (Lipinski definition) is 0. The molecule has 0 atom stereocenters. The van der Waals surface area contributed by atoms with Gasteiger partial charge in [0.1, 0.15) is 12.3 Å². The average molecular weight is 474 g/mol. The van der Waals surface area contributed by atoms with Crippen molar-refractivity contribution in [3.63, 3.8) is 0 Å². The summed E-state index contributed by atoms with van der Waals surface area (Å²) in [6.07, 6.45) is -2.73. The average Bonchev–Trinajstić information content (AvgIpc) is 3.23. The van der Waals surface area contributed by atoms with Crippen molar-refractivity contribution in [2.75, 3.05) is 18.1 Å². The zero-order chi connectivity index (χ0) is 23.2. The van der Waals surface area contributed by atoms with E-state index in [9.17, 15) is 18.0 Å². The molecule has 0 spiro atoms. The topological polar surface area (TPSA) is 64.0 Å². The molecule has 2 aliphatic rings. The first-order valence-corrected chi connectivity index (χ1v) is 10.3. The standard InChI is InChI=1S/C23H15ClF3N3O3/c24-18-10-16(5-6-17(18)19-11-21(31)33-29-19)30-7-8-32-20-9-14(12-28-22(20)30)13-1-3-15(4-2-13)23(25,26)27/h1-6,9-10,12H,7-8,11H2. The molecule has 0 amide bonds. The van der Waals surface area contributed by atoms with Gasteiger partial charge in [-0.15, -0.1) is 0 Å². The van der Waals surface area contributed by atoms with Crippen LogP contribution in [0.4, 0.5) is 24.7 Å². The fraction of sp³-hybridized carbons (Fsp3) is 0.174. The Labute approximate surface area is 191 Å². The largest absolute Gasteiger partial charge is 0.488 e. The molecule has 10 heteroatoms. The first-order valence-electron chi connectivity index (χ1n) is 9.94. The van der Waals surface area contributed by atoms with Crippen LogP contribution < -0.4 is 9.64 Å². The molecule has 0 bridgehead atoms. The Balaban J connectivity index is 1.43. The van der Waals surface area contributed by atoms with Gasteiger partial charge in [-0.25, -0.2) is 9.78 Å². The van der Waals surface area contributed by atoms with E-state index in [4.69, 9.17) is 16.3 Å². The Hall–Kier alpha value is -3.59. The van der Waals surface area contributed by atoms with Crippen molar-refractivity contribution in [2.24, 2.45) is 5.16 Å². The number of hydrogen-bond acceptors (Lipinski definition) is 6. The smallest absolute Gasteiger partial charge is 0.416 e. The number of benzene rings is 2. The monoisotopic (exact) mass is 473 g/mol. The molecule has 0 fully saturated rings. The zero-order valence-corrected chi connectivity index (χ0v) is 17.7. The van der Waals surface area contributed by atoms with E-state index in [-0.39, 0.29) is 6.42 Å². The van der Waals surface area contributed by atoms with Crippen LogP contribution in [-0.2, 0) is 15.8 Å². The number of alkyl halides is 3. The lowest BCUT2D eigenvalue weighted by atomic mass is 10.0. The summed E-state index contributed by atoms with van der Waals surface area (Å²) in [6.45, 7) is 0.914. The van der Waals surface area contributed by atoms with Crippen LogP contribution in [-0.4, -0.2) is 29.8 Å². The Kier molecular flexibility index (Phi) is 5.20. The zero-order valence-electron chi connectivity index (χ0n) is 16.9. The van der Waals surface area contributed by atoms with Gasteiger partial charge in [-0.3, -0.25) is 0 Å². The summed E-state index contributed by atoms with van der Waals surface area (Å²) in [5.41, 5.74) is 2.39. The van der Waals surface area contributed by atoms with Crippen LogP contribution >= 0.6 is 11.6 Å². The van der Waals surface area contributed by atoms with E-state index in [1.54, 1.807) is 24.4 Å². The molecular weight excluding hydrogens is 459 g/mol. The van der Waals surface area contributed by atoms with Crippen LogP contribution in [0.2, 0.25) is 5.02 Å². The summed E-state index contributed by atoms with van der Waals surface area (Å²) in [5, 5.41) is 4.17. The van der Waals surface area contributed by atoms with Gasteiger partial charge in [0.15, 0.2) is 11.6 Å². The fourth-order valence-electron chi connectivity index (χ4n) is 3.72. The lowest BCUT2D eigenvalue weighted by Gasteiger charge is -2.30. The normalized spacial score (nSPS) is 15.6.